The Morgan fingerprint density at radius 2 is 1.92 bits per heavy atom. The van der Waals surface area contributed by atoms with Crippen LogP contribution in [0.25, 0.3) is 0 Å². The molecule has 2 heteroatoms. The van der Waals surface area contributed by atoms with Crippen molar-refractivity contribution in [1.29, 1.82) is 0 Å². The summed E-state index contributed by atoms with van der Waals surface area (Å²) >= 11 is 0. The molecule has 0 aromatic rings. The van der Waals surface area contributed by atoms with E-state index < -0.39 is 0 Å². The molecule has 72 valence electrons. The van der Waals surface area contributed by atoms with Crippen LogP contribution >= 0.6 is 0 Å². The molecule has 0 aromatic heterocycles. The Hall–Kier alpha value is -0.340. The monoisotopic (exact) mass is 171 g/mol. The van der Waals surface area contributed by atoms with Gasteiger partial charge in [-0.2, -0.15) is 0 Å². The van der Waals surface area contributed by atoms with Crippen LogP contribution in [0.3, 0.4) is 0 Å². The number of quaternary nitrogens is 1. The summed E-state index contributed by atoms with van der Waals surface area (Å²) in [4.78, 5) is 0. The van der Waals surface area contributed by atoms with Gasteiger partial charge < -0.3 is 10.2 Å². The highest BCUT2D eigenvalue weighted by Gasteiger charge is 2.05. The Balaban J connectivity index is 3.27. The van der Waals surface area contributed by atoms with Gasteiger partial charge in [0, 0.05) is 6.04 Å². The number of rotatable bonds is 6. The van der Waals surface area contributed by atoms with Gasteiger partial charge in [-0.05, 0) is 19.3 Å². The maximum absolute atomic E-state index is 5.70. The highest BCUT2D eigenvalue weighted by molar-refractivity contribution is 4.81. The van der Waals surface area contributed by atoms with Crippen molar-refractivity contribution >= 4 is 0 Å². The fourth-order valence-electron chi connectivity index (χ4n) is 1.08. The van der Waals surface area contributed by atoms with Gasteiger partial charge >= 0.3 is 0 Å². The van der Waals surface area contributed by atoms with E-state index in [0.29, 0.717) is 0 Å². The van der Waals surface area contributed by atoms with Gasteiger partial charge in [-0.25, -0.2) is 0 Å². The molecule has 0 aliphatic rings. The van der Waals surface area contributed by atoms with Crippen LogP contribution in [0.5, 0.6) is 0 Å². The predicted molar refractivity (Wildman–Crippen MR) is 54.9 cm³/mol. The van der Waals surface area contributed by atoms with Gasteiger partial charge in [0.15, 0.2) is 0 Å². The van der Waals surface area contributed by atoms with Crippen LogP contribution in [0.15, 0.2) is 12.7 Å². The predicted octanol–water partition coefficient (Wildman–Crippen LogP) is 1.38. The Labute approximate surface area is 76.6 Å². The molecule has 0 aliphatic carbocycles. The van der Waals surface area contributed by atoms with Crippen LogP contribution in [0, 0.1) is 0 Å². The summed E-state index contributed by atoms with van der Waals surface area (Å²) < 4.78 is 1.04. The SMILES string of the molecule is C=CC(N)CCCC[N+](C)(C)C. The van der Waals surface area contributed by atoms with Crippen molar-refractivity contribution in [1.82, 2.24) is 0 Å². The molecule has 1 unspecified atom stereocenters. The van der Waals surface area contributed by atoms with E-state index in [1.165, 1.54) is 19.4 Å². The molecule has 12 heavy (non-hydrogen) atoms. The summed E-state index contributed by atoms with van der Waals surface area (Å²) in [5.41, 5.74) is 5.70. The fourth-order valence-corrected chi connectivity index (χ4v) is 1.08. The summed E-state index contributed by atoms with van der Waals surface area (Å²) in [5, 5.41) is 0. The van der Waals surface area contributed by atoms with E-state index in [4.69, 9.17) is 5.73 Å². The highest BCUT2D eigenvalue weighted by Crippen LogP contribution is 2.02. The molecule has 0 aliphatic heterocycles. The van der Waals surface area contributed by atoms with E-state index in [1.54, 1.807) is 0 Å². The van der Waals surface area contributed by atoms with Gasteiger partial charge in [0.2, 0.25) is 0 Å². The van der Waals surface area contributed by atoms with Gasteiger partial charge in [-0.15, -0.1) is 6.58 Å². The highest BCUT2D eigenvalue weighted by atomic mass is 15.3. The Morgan fingerprint density at radius 1 is 1.33 bits per heavy atom. The van der Waals surface area contributed by atoms with E-state index in [2.05, 4.69) is 27.7 Å². The first-order valence-corrected chi connectivity index (χ1v) is 4.64. The zero-order valence-corrected chi connectivity index (χ0v) is 8.71. The van der Waals surface area contributed by atoms with Gasteiger partial charge in [0.1, 0.15) is 0 Å². The van der Waals surface area contributed by atoms with Crippen molar-refractivity contribution in [2.75, 3.05) is 27.7 Å². The molecule has 2 nitrogen and oxygen atoms in total. The topological polar surface area (TPSA) is 26.0 Å². The minimum Gasteiger partial charge on any atom is -0.331 e. The molecular formula is C10H23N2+. The van der Waals surface area contributed by atoms with Crippen LogP contribution in [0.4, 0.5) is 0 Å². The van der Waals surface area contributed by atoms with Crippen molar-refractivity contribution in [3.8, 4) is 0 Å². The lowest BCUT2D eigenvalue weighted by Crippen LogP contribution is -2.35. The molecule has 0 spiro atoms. The van der Waals surface area contributed by atoms with Gasteiger partial charge in [-0.3, -0.25) is 0 Å². The number of hydrogen-bond donors (Lipinski definition) is 1. The zero-order valence-electron chi connectivity index (χ0n) is 8.71. The molecule has 0 fully saturated rings. The second-order valence-electron chi connectivity index (χ2n) is 4.41. The first-order valence-electron chi connectivity index (χ1n) is 4.64. The Bertz CT molecular complexity index is 124. The first kappa shape index (κ1) is 11.7. The van der Waals surface area contributed by atoms with Gasteiger partial charge in [0.25, 0.3) is 0 Å². The fraction of sp³-hybridized carbons (Fsp3) is 0.800. The third kappa shape index (κ3) is 7.76. The third-order valence-corrected chi connectivity index (χ3v) is 1.92. The van der Waals surface area contributed by atoms with Crippen LogP contribution in [-0.2, 0) is 0 Å². The van der Waals surface area contributed by atoms with Crippen LogP contribution in [-0.4, -0.2) is 38.2 Å². The smallest absolute Gasteiger partial charge is 0.0780 e. The van der Waals surface area contributed by atoms with E-state index in [9.17, 15) is 0 Å². The summed E-state index contributed by atoms with van der Waals surface area (Å²) in [7, 11) is 6.65. The van der Waals surface area contributed by atoms with Crippen molar-refractivity contribution in [3.05, 3.63) is 12.7 Å². The molecule has 0 aromatic carbocycles. The van der Waals surface area contributed by atoms with E-state index in [-0.39, 0.29) is 6.04 Å². The lowest BCUT2D eigenvalue weighted by Gasteiger charge is -2.23. The van der Waals surface area contributed by atoms with E-state index in [1.807, 2.05) is 6.08 Å². The molecule has 0 radical (unpaired) electrons. The van der Waals surface area contributed by atoms with Crippen LogP contribution < -0.4 is 5.73 Å². The van der Waals surface area contributed by atoms with Crippen LogP contribution in [0.2, 0.25) is 0 Å². The molecule has 0 amide bonds. The summed E-state index contributed by atoms with van der Waals surface area (Å²) in [6.07, 6.45) is 5.36. The Morgan fingerprint density at radius 3 is 2.33 bits per heavy atom. The lowest BCUT2D eigenvalue weighted by molar-refractivity contribution is -0.870. The first-order chi connectivity index (χ1) is 5.45. The summed E-state index contributed by atoms with van der Waals surface area (Å²) in [6.45, 7) is 4.89. The number of hydrogen-bond acceptors (Lipinski definition) is 1. The number of nitrogens with two attached hydrogens (primary N) is 1. The molecule has 0 heterocycles. The van der Waals surface area contributed by atoms with Crippen molar-refractivity contribution in [2.24, 2.45) is 5.73 Å². The second-order valence-corrected chi connectivity index (χ2v) is 4.41. The van der Waals surface area contributed by atoms with E-state index in [0.717, 1.165) is 10.9 Å². The van der Waals surface area contributed by atoms with Gasteiger partial charge in [0.05, 0.1) is 27.7 Å². The number of nitrogens with zero attached hydrogens (tertiary/aromatic N) is 1. The number of unbranched alkanes of at least 4 members (excludes halogenated alkanes) is 1. The molecule has 1 atom stereocenters. The normalized spacial score (nSPS) is 14.3. The Kier molecular flexibility index (Phi) is 5.18. The standard InChI is InChI=1S/C10H23N2/c1-5-10(11)8-6-7-9-12(2,3)4/h5,10H,1,6-9,11H2,2-4H3/q+1. The molecular weight excluding hydrogens is 148 g/mol. The maximum atomic E-state index is 5.70. The van der Waals surface area contributed by atoms with Crippen molar-refractivity contribution in [3.63, 3.8) is 0 Å². The average molecular weight is 171 g/mol. The van der Waals surface area contributed by atoms with E-state index >= 15 is 0 Å². The molecule has 0 saturated heterocycles. The van der Waals surface area contributed by atoms with Crippen molar-refractivity contribution in [2.45, 2.75) is 25.3 Å². The average Bonchev–Trinajstić information content (AvgIpc) is 1.96. The lowest BCUT2D eigenvalue weighted by atomic mass is 10.1. The summed E-state index contributed by atoms with van der Waals surface area (Å²) in [5.74, 6) is 0. The largest absolute Gasteiger partial charge is 0.331 e. The maximum Gasteiger partial charge on any atom is 0.0780 e. The summed E-state index contributed by atoms with van der Waals surface area (Å²) in [6, 6.07) is 0.192. The minimum atomic E-state index is 0.192. The van der Waals surface area contributed by atoms with Gasteiger partial charge in [-0.1, -0.05) is 6.08 Å². The van der Waals surface area contributed by atoms with Crippen molar-refractivity contribution < 1.29 is 4.48 Å². The third-order valence-electron chi connectivity index (χ3n) is 1.92. The quantitative estimate of drug-likeness (QED) is 0.365. The zero-order chi connectivity index (χ0) is 9.61. The molecule has 0 saturated carbocycles. The molecule has 0 rings (SSSR count). The molecule has 0 bridgehead atoms. The second kappa shape index (κ2) is 5.33. The molecule has 2 N–H and O–H groups in total. The minimum absolute atomic E-state index is 0.192. The van der Waals surface area contributed by atoms with Crippen LogP contribution in [0.1, 0.15) is 19.3 Å².